The van der Waals surface area contributed by atoms with Crippen molar-refractivity contribution in [2.24, 2.45) is 88.8 Å². The van der Waals surface area contributed by atoms with E-state index >= 15 is 19.2 Å². The van der Waals surface area contributed by atoms with E-state index in [0.717, 1.165) is 64.2 Å². The number of rotatable bonds is 15. The van der Waals surface area contributed by atoms with Crippen LogP contribution in [0.1, 0.15) is 200 Å². The normalized spacial score (nSPS) is 35.4. The SMILES string of the molecule is CC(C)[C@@H]1CC[C@@H](C)CC1OC(=O)C1=C(C(=O)OC2C[C@H](C)CC[C@H]2C(C)C)C(C(=O)OC2C[C@H](C)CC[C@H]2C(C)C)=C(C(=O)OC2C[C@H](C)CC[C@H]2C(C)C)C1=C(O)OC1C[C@H](C)CC[C@H]1C(C)C. The van der Waals surface area contributed by atoms with Gasteiger partial charge in [-0.3, -0.25) is 0 Å². The molecule has 0 aromatic carbocycles. The summed E-state index contributed by atoms with van der Waals surface area (Å²) in [5.41, 5.74) is -1.91. The standard InChI is InChI=1S/C60H96O10/c1-31(2)41-21-16-36(11)26-46(41)66-56(61)51-52(57(62)67-47-27-37(12)17-22-42(47)32(3)4)54(59(64)69-49-29-39(14)19-24-44(49)34(7)8)55(60(65)70-50-30-40(15)20-25-45(50)35(9)10)53(51)58(63)68-48-28-38(13)18-23-43(48)33(5)6/h31-50,61H,16-30H2,1-15H3/t36-,37-,38-,39-,40-,41+,42+,43+,44+,45+,46?,47?,48?,49?,50?/m1/s1. The van der Waals surface area contributed by atoms with E-state index in [2.05, 4.69) is 104 Å². The van der Waals surface area contributed by atoms with Crippen molar-refractivity contribution in [2.45, 2.75) is 231 Å². The highest BCUT2D eigenvalue weighted by molar-refractivity contribution is 6.23. The molecule has 0 saturated heterocycles. The van der Waals surface area contributed by atoms with Crippen molar-refractivity contribution in [3.8, 4) is 0 Å². The molecular weight excluding hydrogens is 881 g/mol. The van der Waals surface area contributed by atoms with Crippen molar-refractivity contribution in [2.75, 3.05) is 0 Å². The van der Waals surface area contributed by atoms with E-state index in [1.165, 1.54) is 0 Å². The van der Waals surface area contributed by atoms with Gasteiger partial charge in [0.25, 0.3) is 5.95 Å². The van der Waals surface area contributed by atoms with Crippen molar-refractivity contribution in [1.82, 2.24) is 0 Å². The Balaban J connectivity index is 1.63. The molecule has 0 heterocycles. The molecule has 0 bridgehead atoms. The molecule has 6 aliphatic rings. The fraction of sp³-hybridized carbons (Fsp3) is 0.833. The van der Waals surface area contributed by atoms with Gasteiger partial charge < -0.3 is 28.8 Å². The molecule has 0 spiro atoms. The molecule has 1 N–H and O–H groups in total. The van der Waals surface area contributed by atoms with Crippen LogP contribution in [0.15, 0.2) is 33.8 Å². The van der Waals surface area contributed by atoms with Crippen LogP contribution < -0.4 is 0 Å². The molecule has 5 fully saturated rings. The number of hydrogen-bond acceptors (Lipinski definition) is 10. The lowest BCUT2D eigenvalue weighted by Crippen LogP contribution is -2.38. The second-order valence-electron chi connectivity index (χ2n) is 25.7. The van der Waals surface area contributed by atoms with Crippen molar-refractivity contribution in [3.05, 3.63) is 33.8 Å². The van der Waals surface area contributed by atoms with E-state index in [1.54, 1.807) is 0 Å². The van der Waals surface area contributed by atoms with Crippen LogP contribution >= 0.6 is 0 Å². The molecule has 0 radical (unpaired) electrons. The lowest BCUT2D eigenvalue weighted by molar-refractivity contribution is -0.156. The van der Waals surface area contributed by atoms with Crippen LogP contribution in [0.3, 0.4) is 0 Å². The van der Waals surface area contributed by atoms with Gasteiger partial charge in [-0.1, -0.05) is 136 Å². The van der Waals surface area contributed by atoms with Crippen LogP contribution in [0.5, 0.6) is 0 Å². The topological polar surface area (TPSA) is 135 Å². The molecule has 0 aromatic rings. The molecule has 10 nitrogen and oxygen atoms in total. The summed E-state index contributed by atoms with van der Waals surface area (Å²) in [6.07, 6.45) is 9.78. The predicted octanol–water partition coefficient (Wildman–Crippen LogP) is 13.9. The number of esters is 4. The number of aliphatic hydroxyl groups is 1. The summed E-state index contributed by atoms with van der Waals surface area (Å²) < 4.78 is 33.4. The molecule has 70 heavy (non-hydrogen) atoms. The molecule has 5 saturated carbocycles. The van der Waals surface area contributed by atoms with Crippen LogP contribution in [0, 0.1) is 88.8 Å². The highest BCUT2D eigenvalue weighted by Gasteiger charge is 2.51. The van der Waals surface area contributed by atoms with E-state index in [0.29, 0.717) is 38.0 Å². The van der Waals surface area contributed by atoms with E-state index in [4.69, 9.17) is 23.7 Å². The Bertz CT molecular complexity index is 1820. The first-order valence-electron chi connectivity index (χ1n) is 28.4. The minimum atomic E-state index is -0.913. The summed E-state index contributed by atoms with van der Waals surface area (Å²) in [5.74, 6) is -1.79. The molecule has 0 aromatic heterocycles. The third-order valence-corrected chi connectivity index (χ3v) is 18.4. The Morgan fingerprint density at radius 2 is 0.543 bits per heavy atom. The zero-order valence-electron chi connectivity index (χ0n) is 46.3. The minimum Gasteiger partial charge on any atom is -0.481 e. The van der Waals surface area contributed by atoms with Crippen LogP contribution in [0.2, 0.25) is 0 Å². The molecule has 0 aliphatic heterocycles. The third kappa shape index (κ3) is 13.1. The lowest BCUT2D eigenvalue weighted by Gasteiger charge is -2.38. The van der Waals surface area contributed by atoms with Crippen LogP contribution in [0.25, 0.3) is 0 Å². The zero-order chi connectivity index (χ0) is 51.5. The third-order valence-electron chi connectivity index (χ3n) is 18.4. The van der Waals surface area contributed by atoms with Gasteiger partial charge in [-0.05, 0) is 153 Å². The molecule has 0 amide bonds. The number of hydrogen-bond donors (Lipinski definition) is 1. The summed E-state index contributed by atoms with van der Waals surface area (Å²) in [7, 11) is 0. The molecule has 396 valence electrons. The molecular formula is C60H96O10. The predicted molar refractivity (Wildman–Crippen MR) is 275 cm³/mol. The van der Waals surface area contributed by atoms with Crippen molar-refractivity contribution in [1.29, 1.82) is 0 Å². The van der Waals surface area contributed by atoms with E-state index in [-0.39, 0.29) is 99.6 Å². The summed E-state index contributed by atoms with van der Waals surface area (Å²) in [6, 6.07) is 0. The Morgan fingerprint density at radius 1 is 0.343 bits per heavy atom. The summed E-state index contributed by atoms with van der Waals surface area (Å²) in [4.78, 5) is 62.9. The van der Waals surface area contributed by atoms with Gasteiger partial charge in [0, 0.05) is 0 Å². The largest absolute Gasteiger partial charge is 0.481 e. The maximum atomic E-state index is 15.7. The van der Waals surface area contributed by atoms with Crippen LogP contribution in [0.4, 0.5) is 0 Å². The quantitative estimate of drug-likeness (QED) is 0.0960. The average molecular weight is 977 g/mol. The monoisotopic (exact) mass is 977 g/mol. The van der Waals surface area contributed by atoms with Gasteiger partial charge in [0.15, 0.2) is 0 Å². The smallest absolute Gasteiger partial charge is 0.340 e. The second-order valence-corrected chi connectivity index (χ2v) is 25.7. The second kappa shape index (κ2) is 24.2. The summed E-state index contributed by atoms with van der Waals surface area (Å²) in [6.45, 7) is 32.1. The Labute approximate surface area is 423 Å². The van der Waals surface area contributed by atoms with E-state index in [9.17, 15) is 5.11 Å². The maximum Gasteiger partial charge on any atom is 0.340 e. The van der Waals surface area contributed by atoms with Gasteiger partial charge in [0.1, 0.15) is 30.5 Å². The average Bonchev–Trinajstić information content (AvgIpc) is 3.63. The number of carbonyl (C=O) groups excluding carboxylic acids is 4. The summed E-state index contributed by atoms with van der Waals surface area (Å²) in [5, 5.41) is 12.9. The minimum absolute atomic E-state index is 0.0293. The van der Waals surface area contributed by atoms with Crippen LogP contribution in [-0.4, -0.2) is 59.5 Å². The molecule has 6 aliphatic carbocycles. The van der Waals surface area contributed by atoms with Gasteiger partial charge in [-0.15, -0.1) is 0 Å². The highest BCUT2D eigenvalue weighted by atomic mass is 16.6. The first-order valence-corrected chi connectivity index (χ1v) is 28.4. The number of aliphatic hydroxyl groups excluding tert-OH is 1. The lowest BCUT2D eigenvalue weighted by atomic mass is 9.75. The van der Waals surface area contributed by atoms with Gasteiger partial charge in [0.2, 0.25) is 0 Å². The Kier molecular flexibility index (Phi) is 19.3. The van der Waals surface area contributed by atoms with Gasteiger partial charge in [-0.25, -0.2) is 19.2 Å². The van der Waals surface area contributed by atoms with E-state index < -0.39 is 71.5 Å². The fourth-order valence-corrected chi connectivity index (χ4v) is 13.9. The van der Waals surface area contributed by atoms with Crippen molar-refractivity contribution >= 4 is 23.9 Å². The molecule has 6 rings (SSSR count). The van der Waals surface area contributed by atoms with Crippen molar-refractivity contribution in [3.63, 3.8) is 0 Å². The maximum absolute atomic E-state index is 15.7. The van der Waals surface area contributed by atoms with E-state index in [1.807, 2.05) is 0 Å². The molecule has 15 atom stereocenters. The summed E-state index contributed by atoms with van der Waals surface area (Å²) >= 11 is 0. The van der Waals surface area contributed by atoms with Gasteiger partial charge in [-0.2, -0.15) is 0 Å². The zero-order valence-corrected chi connectivity index (χ0v) is 46.3. The first kappa shape index (κ1) is 56.0. The highest BCUT2D eigenvalue weighted by Crippen LogP contribution is 2.48. The van der Waals surface area contributed by atoms with Crippen molar-refractivity contribution < 1.29 is 48.0 Å². The molecule has 5 unspecified atom stereocenters. The Hall–Kier alpha value is -3.30. The fourth-order valence-electron chi connectivity index (χ4n) is 13.9. The van der Waals surface area contributed by atoms with Gasteiger partial charge >= 0.3 is 23.9 Å². The Morgan fingerprint density at radius 3 is 0.757 bits per heavy atom. The number of ether oxygens (including phenoxy) is 5. The number of carbonyl (C=O) groups is 4. The van der Waals surface area contributed by atoms with Crippen LogP contribution in [-0.2, 0) is 42.9 Å². The molecule has 10 heteroatoms. The van der Waals surface area contributed by atoms with Gasteiger partial charge in [0.05, 0.1) is 27.9 Å². The first-order chi connectivity index (χ1) is 33.0.